The molecular formula is C17H14N2O2. The Morgan fingerprint density at radius 1 is 1.14 bits per heavy atom. The summed E-state index contributed by atoms with van der Waals surface area (Å²) in [7, 11) is 0. The number of para-hydroxylation sites is 1. The fourth-order valence-electron chi connectivity index (χ4n) is 2.04. The summed E-state index contributed by atoms with van der Waals surface area (Å²) in [4.78, 5) is 12.0. The first-order chi connectivity index (χ1) is 10.2. The molecule has 3 aromatic rings. The van der Waals surface area contributed by atoms with Gasteiger partial charge in [-0.2, -0.15) is 5.10 Å². The maximum absolute atomic E-state index is 12.0. The number of aryl methyl sites for hydroxylation is 1. The van der Waals surface area contributed by atoms with Crippen molar-refractivity contribution in [1.29, 1.82) is 0 Å². The van der Waals surface area contributed by atoms with Gasteiger partial charge >= 0.3 is 5.91 Å². The van der Waals surface area contributed by atoms with Gasteiger partial charge in [0.2, 0.25) is 0 Å². The van der Waals surface area contributed by atoms with Gasteiger partial charge in [-0.1, -0.05) is 42.5 Å². The number of rotatable bonds is 3. The lowest BCUT2D eigenvalue weighted by molar-refractivity contribution is 0.0929. The average molecular weight is 278 g/mol. The molecule has 1 amide bonds. The molecule has 1 N–H and O–H groups in total. The van der Waals surface area contributed by atoms with E-state index in [1.165, 1.54) is 0 Å². The summed E-state index contributed by atoms with van der Waals surface area (Å²) < 4.78 is 5.47. The fraction of sp³-hybridized carbons (Fsp3) is 0.0588. The summed E-state index contributed by atoms with van der Waals surface area (Å²) in [5.74, 6) is -0.117. The minimum atomic E-state index is -0.365. The first-order valence-electron chi connectivity index (χ1n) is 6.61. The molecule has 1 aromatic heterocycles. The zero-order valence-electron chi connectivity index (χ0n) is 11.5. The molecule has 104 valence electrons. The highest BCUT2D eigenvalue weighted by atomic mass is 16.3. The normalized spacial score (nSPS) is 11.1. The Bertz CT molecular complexity index is 785. The second kappa shape index (κ2) is 5.63. The molecule has 0 aliphatic heterocycles. The average Bonchev–Trinajstić information content (AvgIpc) is 2.93. The summed E-state index contributed by atoms with van der Waals surface area (Å²) in [6.07, 6.45) is 1.62. The lowest BCUT2D eigenvalue weighted by atomic mass is 10.1. The van der Waals surface area contributed by atoms with E-state index < -0.39 is 0 Å². The van der Waals surface area contributed by atoms with Crippen LogP contribution in [0.1, 0.15) is 21.7 Å². The maximum atomic E-state index is 12.0. The van der Waals surface area contributed by atoms with E-state index >= 15 is 0 Å². The minimum Gasteiger partial charge on any atom is -0.451 e. The van der Waals surface area contributed by atoms with E-state index in [0.29, 0.717) is 5.58 Å². The standard InChI is InChI=1S/C17H14N2O2/c1-12-6-2-3-8-14(12)11-18-19-17(20)16-10-13-7-4-5-9-15(13)21-16/h2-11H,1H3,(H,19,20)/b18-11+. The third-order valence-corrected chi connectivity index (χ3v) is 3.21. The second-order valence-corrected chi connectivity index (χ2v) is 4.70. The molecule has 21 heavy (non-hydrogen) atoms. The summed E-state index contributed by atoms with van der Waals surface area (Å²) in [6, 6.07) is 17.0. The molecular weight excluding hydrogens is 264 g/mol. The number of hydrazone groups is 1. The van der Waals surface area contributed by atoms with Crippen molar-refractivity contribution in [3.8, 4) is 0 Å². The van der Waals surface area contributed by atoms with Crippen molar-refractivity contribution in [3.63, 3.8) is 0 Å². The van der Waals surface area contributed by atoms with Crippen LogP contribution in [0.5, 0.6) is 0 Å². The van der Waals surface area contributed by atoms with Crippen LogP contribution in [0.4, 0.5) is 0 Å². The smallest absolute Gasteiger partial charge is 0.307 e. The van der Waals surface area contributed by atoms with Crippen molar-refractivity contribution in [2.24, 2.45) is 5.10 Å². The first kappa shape index (κ1) is 13.1. The molecule has 0 saturated heterocycles. The van der Waals surface area contributed by atoms with Gasteiger partial charge in [0.1, 0.15) is 5.58 Å². The number of nitrogens with one attached hydrogen (secondary N) is 1. The Labute approximate surface area is 122 Å². The Balaban J connectivity index is 1.73. The lowest BCUT2D eigenvalue weighted by Gasteiger charge is -1.98. The van der Waals surface area contributed by atoms with Crippen molar-refractivity contribution in [2.75, 3.05) is 0 Å². The van der Waals surface area contributed by atoms with Gasteiger partial charge in [-0.15, -0.1) is 0 Å². The number of hydrogen-bond donors (Lipinski definition) is 1. The third-order valence-electron chi connectivity index (χ3n) is 3.21. The van der Waals surface area contributed by atoms with E-state index in [4.69, 9.17) is 4.42 Å². The number of carbonyl (C=O) groups excluding carboxylic acids is 1. The van der Waals surface area contributed by atoms with Gasteiger partial charge < -0.3 is 4.42 Å². The molecule has 0 bridgehead atoms. The molecule has 0 radical (unpaired) electrons. The molecule has 1 heterocycles. The maximum Gasteiger partial charge on any atom is 0.307 e. The van der Waals surface area contributed by atoms with E-state index in [2.05, 4.69) is 10.5 Å². The predicted molar refractivity (Wildman–Crippen MR) is 82.5 cm³/mol. The highest BCUT2D eigenvalue weighted by molar-refractivity contribution is 5.96. The van der Waals surface area contributed by atoms with E-state index in [0.717, 1.165) is 16.5 Å². The Kier molecular flexibility index (Phi) is 3.51. The van der Waals surface area contributed by atoms with Gasteiger partial charge in [-0.25, -0.2) is 5.43 Å². The van der Waals surface area contributed by atoms with Gasteiger partial charge in [0.05, 0.1) is 6.21 Å². The van der Waals surface area contributed by atoms with Crippen LogP contribution in [-0.2, 0) is 0 Å². The van der Waals surface area contributed by atoms with Crippen LogP contribution in [0.2, 0.25) is 0 Å². The SMILES string of the molecule is Cc1ccccc1/C=N/NC(=O)c1cc2ccccc2o1. The van der Waals surface area contributed by atoms with Crippen molar-refractivity contribution in [2.45, 2.75) is 6.92 Å². The highest BCUT2D eigenvalue weighted by Crippen LogP contribution is 2.18. The van der Waals surface area contributed by atoms with Crippen LogP contribution < -0.4 is 5.43 Å². The largest absolute Gasteiger partial charge is 0.451 e. The lowest BCUT2D eigenvalue weighted by Crippen LogP contribution is -2.16. The number of furan rings is 1. The number of amides is 1. The molecule has 0 fully saturated rings. The highest BCUT2D eigenvalue weighted by Gasteiger charge is 2.10. The minimum absolute atomic E-state index is 0.248. The van der Waals surface area contributed by atoms with Crippen LogP contribution in [0.25, 0.3) is 11.0 Å². The molecule has 0 aliphatic rings. The van der Waals surface area contributed by atoms with Crippen LogP contribution in [0, 0.1) is 6.92 Å². The monoisotopic (exact) mass is 278 g/mol. The molecule has 0 aliphatic carbocycles. The molecule has 4 heteroatoms. The zero-order chi connectivity index (χ0) is 14.7. The number of carbonyl (C=O) groups is 1. The molecule has 0 unspecified atom stereocenters. The molecule has 4 nitrogen and oxygen atoms in total. The van der Waals surface area contributed by atoms with Crippen LogP contribution >= 0.6 is 0 Å². The van der Waals surface area contributed by atoms with Crippen LogP contribution in [0.15, 0.2) is 64.1 Å². The third kappa shape index (κ3) is 2.84. The molecule has 2 aromatic carbocycles. The predicted octanol–water partition coefficient (Wildman–Crippen LogP) is 3.51. The van der Waals surface area contributed by atoms with Gasteiger partial charge in [0.15, 0.2) is 5.76 Å². The molecule has 0 spiro atoms. The number of nitrogens with zero attached hydrogens (tertiary/aromatic N) is 1. The first-order valence-corrected chi connectivity index (χ1v) is 6.61. The van der Waals surface area contributed by atoms with Crippen LogP contribution in [-0.4, -0.2) is 12.1 Å². The van der Waals surface area contributed by atoms with Gasteiger partial charge in [-0.05, 0) is 30.2 Å². The van der Waals surface area contributed by atoms with Crippen molar-refractivity contribution < 1.29 is 9.21 Å². The summed E-state index contributed by atoms with van der Waals surface area (Å²) in [6.45, 7) is 1.99. The molecule has 0 atom stereocenters. The van der Waals surface area contributed by atoms with Gasteiger partial charge in [0.25, 0.3) is 0 Å². The summed E-state index contributed by atoms with van der Waals surface area (Å²) >= 11 is 0. The van der Waals surface area contributed by atoms with E-state index in [9.17, 15) is 4.79 Å². The number of hydrogen-bond acceptors (Lipinski definition) is 3. The topological polar surface area (TPSA) is 54.6 Å². The summed E-state index contributed by atoms with van der Waals surface area (Å²) in [5.41, 5.74) is 5.22. The Morgan fingerprint density at radius 2 is 1.90 bits per heavy atom. The fourth-order valence-corrected chi connectivity index (χ4v) is 2.04. The number of fused-ring (bicyclic) bond motifs is 1. The molecule has 3 rings (SSSR count). The number of benzene rings is 2. The molecule has 0 saturated carbocycles. The zero-order valence-corrected chi connectivity index (χ0v) is 11.5. The van der Waals surface area contributed by atoms with Gasteiger partial charge in [0, 0.05) is 5.39 Å². The van der Waals surface area contributed by atoms with Crippen molar-refractivity contribution >= 4 is 23.1 Å². The van der Waals surface area contributed by atoms with Crippen LogP contribution in [0.3, 0.4) is 0 Å². The summed E-state index contributed by atoms with van der Waals surface area (Å²) in [5, 5.41) is 4.86. The van der Waals surface area contributed by atoms with E-state index in [-0.39, 0.29) is 11.7 Å². The Morgan fingerprint density at radius 3 is 2.71 bits per heavy atom. The Hall–Kier alpha value is -2.88. The van der Waals surface area contributed by atoms with E-state index in [1.807, 2.05) is 55.5 Å². The van der Waals surface area contributed by atoms with Gasteiger partial charge in [-0.3, -0.25) is 4.79 Å². The van der Waals surface area contributed by atoms with Crippen molar-refractivity contribution in [3.05, 3.63) is 71.5 Å². The quantitative estimate of drug-likeness (QED) is 0.589. The van der Waals surface area contributed by atoms with Crippen molar-refractivity contribution in [1.82, 2.24) is 5.43 Å². The van der Waals surface area contributed by atoms with E-state index in [1.54, 1.807) is 12.3 Å². The second-order valence-electron chi connectivity index (χ2n) is 4.70.